The molecule has 0 radical (unpaired) electrons. The number of nitrogens with zero attached hydrogens (tertiary/aromatic N) is 3. The second-order valence-corrected chi connectivity index (χ2v) is 8.31. The average Bonchev–Trinajstić information content (AvgIpc) is 3.42. The second-order valence-electron chi connectivity index (χ2n) is 8.31. The van der Waals surface area contributed by atoms with Crippen LogP contribution in [0.15, 0.2) is 51.4 Å². The third-order valence-electron chi connectivity index (χ3n) is 6.01. The number of hydrogen-bond donors (Lipinski definition) is 1. The number of anilines is 1. The molecule has 7 nitrogen and oxygen atoms in total. The van der Waals surface area contributed by atoms with Gasteiger partial charge in [0.25, 0.3) is 0 Å². The largest absolute Gasteiger partial charge is 0.452 e. The van der Waals surface area contributed by atoms with Crippen molar-refractivity contribution in [1.29, 1.82) is 0 Å². The molecule has 7 heteroatoms. The summed E-state index contributed by atoms with van der Waals surface area (Å²) in [6.07, 6.45) is 3.13. The highest BCUT2D eigenvalue weighted by molar-refractivity contribution is 5.90. The first-order valence-corrected chi connectivity index (χ1v) is 11.0. The van der Waals surface area contributed by atoms with E-state index in [0.717, 1.165) is 54.4 Å². The van der Waals surface area contributed by atoms with Gasteiger partial charge in [-0.3, -0.25) is 4.79 Å². The fourth-order valence-electron chi connectivity index (χ4n) is 4.35. The quantitative estimate of drug-likeness (QED) is 0.448. The molecule has 0 saturated carbocycles. The lowest BCUT2D eigenvalue weighted by Crippen LogP contribution is -2.33. The van der Waals surface area contributed by atoms with Crippen molar-refractivity contribution < 1.29 is 13.7 Å². The van der Waals surface area contributed by atoms with Crippen LogP contribution in [0.4, 0.5) is 5.69 Å². The number of hydrogen-bond acceptors (Lipinski definition) is 6. The highest BCUT2D eigenvalue weighted by atomic mass is 16.5. The van der Waals surface area contributed by atoms with Gasteiger partial charge >= 0.3 is 11.8 Å². The number of carbonyl (C=O) groups excluding carboxylic acids is 1. The Bertz CT molecular complexity index is 1270. The number of amides is 1. The Balaban J connectivity index is 1.20. The maximum atomic E-state index is 12.5. The number of carbonyl (C=O) groups is 1. The molecular weight excluding hydrogens is 404 g/mol. The van der Waals surface area contributed by atoms with E-state index in [2.05, 4.69) is 50.7 Å². The highest BCUT2D eigenvalue weighted by Gasteiger charge is 2.21. The van der Waals surface area contributed by atoms with Crippen LogP contribution in [0.2, 0.25) is 0 Å². The number of furan rings is 1. The molecule has 1 amide bonds. The minimum atomic E-state index is -0.368. The van der Waals surface area contributed by atoms with E-state index < -0.39 is 0 Å². The van der Waals surface area contributed by atoms with Crippen molar-refractivity contribution in [1.82, 2.24) is 15.5 Å². The van der Waals surface area contributed by atoms with Gasteiger partial charge in [-0.1, -0.05) is 35.0 Å². The van der Waals surface area contributed by atoms with Gasteiger partial charge in [0.1, 0.15) is 5.58 Å². The van der Waals surface area contributed by atoms with Crippen molar-refractivity contribution in [3.8, 4) is 11.6 Å². The van der Waals surface area contributed by atoms with E-state index in [1.54, 1.807) is 0 Å². The monoisotopic (exact) mass is 430 g/mol. The predicted molar refractivity (Wildman–Crippen MR) is 123 cm³/mol. The Morgan fingerprint density at radius 3 is 2.97 bits per heavy atom. The van der Waals surface area contributed by atoms with Crippen LogP contribution in [0.25, 0.3) is 22.6 Å². The van der Waals surface area contributed by atoms with Crippen molar-refractivity contribution in [2.45, 2.75) is 33.1 Å². The lowest BCUT2D eigenvalue weighted by atomic mass is 10.0. The van der Waals surface area contributed by atoms with E-state index >= 15 is 0 Å². The molecule has 0 atom stereocenters. The molecule has 0 fully saturated rings. The number of aryl methyl sites for hydroxylation is 3. The molecule has 1 aliphatic heterocycles. The SMILES string of the molecule is Cc1ccc2oc(-c3noc(C(=O)NCCCN4CCCc5ccccc54)n3)c(C)c2c1. The molecule has 0 saturated heterocycles. The van der Waals surface area contributed by atoms with Crippen LogP contribution in [0.1, 0.15) is 40.2 Å². The maximum absolute atomic E-state index is 12.5. The maximum Gasteiger partial charge on any atom is 0.316 e. The molecule has 2 aromatic carbocycles. The van der Waals surface area contributed by atoms with E-state index in [4.69, 9.17) is 8.94 Å². The molecule has 0 unspecified atom stereocenters. The molecule has 0 aliphatic carbocycles. The summed E-state index contributed by atoms with van der Waals surface area (Å²) >= 11 is 0. The van der Waals surface area contributed by atoms with Gasteiger partial charge in [-0.05, 0) is 56.9 Å². The van der Waals surface area contributed by atoms with Gasteiger partial charge in [0, 0.05) is 36.3 Å². The fourth-order valence-corrected chi connectivity index (χ4v) is 4.35. The number of rotatable bonds is 6. The summed E-state index contributed by atoms with van der Waals surface area (Å²) in [6, 6.07) is 14.5. The molecule has 32 heavy (non-hydrogen) atoms. The summed E-state index contributed by atoms with van der Waals surface area (Å²) in [5.41, 5.74) is 5.55. The zero-order valence-electron chi connectivity index (χ0n) is 18.4. The summed E-state index contributed by atoms with van der Waals surface area (Å²) in [5, 5.41) is 7.86. The van der Waals surface area contributed by atoms with Crippen LogP contribution in [-0.4, -0.2) is 35.7 Å². The van der Waals surface area contributed by atoms with Crippen molar-refractivity contribution in [3.05, 3.63) is 65.0 Å². The lowest BCUT2D eigenvalue weighted by Gasteiger charge is -2.31. The fraction of sp³-hybridized carbons (Fsp3) is 0.320. The average molecular weight is 431 g/mol. The van der Waals surface area contributed by atoms with Crippen LogP contribution in [0.5, 0.6) is 0 Å². The number of para-hydroxylation sites is 1. The van der Waals surface area contributed by atoms with E-state index in [-0.39, 0.29) is 17.6 Å². The molecule has 164 valence electrons. The first-order valence-electron chi connectivity index (χ1n) is 11.0. The number of nitrogens with one attached hydrogen (secondary N) is 1. The standard InChI is InChI=1S/C25H26N4O3/c1-16-10-11-21-19(15-16)17(2)22(31-21)23-27-25(32-28-23)24(30)26-12-6-14-29-13-5-8-18-7-3-4-9-20(18)29/h3-4,7,9-11,15H,5-6,8,12-14H2,1-2H3,(H,26,30). The Labute approximate surface area is 186 Å². The van der Waals surface area contributed by atoms with Crippen LogP contribution in [0.3, 0.4) is 0 Å². The predicted octanol–water partition coefficient (Wildman–Crippen LogP) is 4.67. The molecular formula is C25H26N4O3. The zero-order chi connectivity index (χ0) is 22.1. The summed E-state index contributed by atoms with van der Waals surface area (Å²) in [7, 11) is 0. The van der Waals surface area contributed by atoms with Crippen molar-refractivity contribution in [2.75, 3.05) is 24.5 Å². The van der Waals surface area contributed by atoms with E-state index in [9.17, 15) is 4.79 Å². The minimum Gasteiger partial charge on any atom is -0.452 e. The molecule has 1 aliphatic rings. The van der Waals surface area contributed by atoms with Gasteiger partial charge in [-0.25, -0.2) is 0 Å². The lowest BCUT2D eigenvalue weighted by molar-refractivity contribution is 0.0909. The van der Waals surface area contributed by atoms with Crippen LogP contribution in [0, 0.1) is 13.8 Å². The Hall–Kier alpha value is -3.61. The van der Waals surface area contributed by atoms with Gasteiger partial charge < -0.3 is 19.2 Å². The molecule has 0 bridgehead atoms. The van der Waals surface area contributed by atoms with Crippen molar-refractivity contribution >= 4 is 22.6 Å². The molecule has 1 N–H and O–H groups in total. The molecule has 2 aromatic heterocycles. The zero-order valence-corrected chi connectivity index (χ0v) is 18.4. The molecule has 3 heterocycles. The van der Waals surface area contributed by atoms with Gasteiger partial charge in [0.15, 0.2) is 5.76 Å². The summed E-state index contributed by atoms with van der Waals surface area (Å²) in [5.74, 6) is 0.385. The van der Waals surface area contributed by atoms with Gasteiger partial charge in [0.2, 0.25) is 5.82 Å². The Morgan fingerprint density at radius 1 is 1.19 bits per heavy atom. The van der Waals surface area contributed by atoms with Crippen LogP contribution in [-0.2, 0) is 6.42 Å². The molecule has 0 spiro atoms. The van der Waals surface area contributed by atoms with Gasteiger partial charge in [-0.15, -0.1) is 0 Å². The topological polar surface area (TPSA) is 84.4 Å². The minimum absolute atomic E-state index is 0.0562. The Morgan fingerprint density at radius 2 is 2.06 bits per heavy atom. The first kappa shape index (κ1) is 20.3. The number of aromatic nitrogens is 2. The molecule has 4 aromatic rings. The third kappa shape index (κ3) is 3.86. The van der Waals surface area contributed by atoms with Gasteiger partial charge in [-0.2, -0.15) is 4.98 Å². The smallest absolute Gasteiger partial charge is 0.316 e. The van der Waals surface area contributed by atoms with Gasteiger partial charge in [0.05, 0.1) is 0 Å². The highest BCUT2D eigenvalue weighted by Crippen LogP contribution is 2.32. The van der Waals surface area contributed by atoms with Crippen molar-refractivity contribution in [2.24, 2.45) is 0 Å². The van der Waals surface area contributed by atoms with Crippen LogP contribution >= 0.6 is 0 Å². The summed E-state index contributed by atoms with van der Waals surface area (Å²) in [6.45, 7) is 6.47. The summed E-state index contributed by atoms with van der Waals surface area (Å²) in [4.78, 5) is 19.1. The van der Waals surface area contributed by atoms with E-state index in [1.807, 2.05) is 26.0 Å². The Kier molecular flexibility index (Phi) is 5.39. The molecule has 5 rings (SSSR count). The van der Waals surface area contributed by atoms with E-state index in [0.29, 0.717) is 12.3 Å². The third-order valence-corrected chi connectivity index (χ3v) is 6.01. The van der Waals surface area contributed by atoms with Crippen molar-refractivity contribution in [3.63, 3.8) is 0 Å². The second kappa shape index (κ2) is 8.49. The summed E-state index contributed by atoms with van der Waals surface area (Å²) < 4.78 is 11.1. The van der Waals surface area contributed by atoms with Crippen LogP contribution < -0.4 is 10.2 Å². The van der Waals surface area contributed by atoms with E-state index in [1.165, 1.54) is 11.3 Å². The normalized spacial score (nSPS) is 13.4. The number of fused-ring (bicyclic) bond motifs is 2. The first-order chi connectivity index (χ1) is 15.6. The number of benzene rings is 2.